The number of nitrogens with zero attached hydrogens (tertiary/aromatic N) is 2. The zero-order chi connectivity index (χ0) is 18.0. The average molecular weight is 339 g/mol. The molecule has 1 amide bonds. The minimum absolute atomic E-state index is 0.0269. The van der Waals surface area contributed by atoms with E-state index in [1.165, 1.54) is 23.4 Å². The van der Waals surface area contributed by atoms with Gasteiger partial charge < -0.3 is 10.2 Å². The lowest BCUT2D eigenvalue weighted by Crippen LogP contribution is -2.37. The summed E-state index contributed by atoms with van der Waals surface area (Å²) in [4.78, 5) is 25.0. The van der Waals surface area contributed by atoms with Crippen LogP contribution >= 0.6 is 0 Å². The van der Waals surface area contributed by atoms with E-state index in [2.05, 4.69) is 29.3 Å². The minimum Gasteiger partial charge on any atom is -0.367 e. The second-order valence-corrected chi connectivity index (χ2v) is 6.39. The van der Waals surface area contributed by atoms with Gasteiger partial charge in [-0.2, -0.15) is 0 Å². The topological polar surface area (TPSA) is 75.5 Å². The first kappa shape index (κ1) is 17.0. The molecule has 1 aliphatic rings. The highest BCUT2D eigenvalue weighted by Crippen LogP contribution is 2.31. The SMILES string of the molecule is Cc1cc(C(=O)NCCN2c3ccccc3CC2C)ccc1[N+](=O)[O-]. The van der Waals surface area contributed by atoms with Crippen LogP contribution in [0.15, 0.2) is 42.5 Å². The molecule has 25 heavy (non-hydrogen) atoms. The molecule has 0 aromatic heterocycles. The van der Waals surface area contributed by atoms with Crippen molar-refractivity contribution < 1.29 is 9.72 Å². The molecule has 1 N–H and O–H groups in total. The van der Waals surface area contributed by atoms with Crippen molar-refractivity contribution in [3.8, 4) is 0 Å². The summed E-state index contributed by atoms with van der Waals surface area (Å²) in [5.74, 6) is -0.210. The van der Waals surface area contributed by atoms with Crippen molar-refractivity contribution in [2.24, 2.45) is 0 Å². The van der Waals surface area contributed by atoms with Gasteiger partial charge in [0.2, 0.25) is 0 Å². The molecule has 1 unspecified atom stereocenters. The molecule has 2 aromatic carbocycles. The van der Waals surface area contributed by atoms with Gasteiger partial charge in [0, 0.05) is 42.0 Å². The molecule has 6 nitrogen and oxygen atoms in total. The molecule has 130 valence electrons. The predicted molar refractivity (Wildman–Crippen MR) is 97.1 cm³/mol. The Morgan fingerprint density at radius 3 is 2.80 bits per heavy atom. The van der Waals surface area contributed by atoms with Gasteiger partial charge in [-0.3, -0.25) is 14.9 Å². The molecule has 0 saturated carbocycles. The van der Waals surface area contributed by atoms with E-state index in [4.69, 9.17) is 0 Å². The fourth-order valence-electron chi connectivity index (χ4n) is 3.36. The standard InChI is InChI=1S/C19H21N3O3/c1-13-11-16(7-8-17(13)22(24)25)19(23)20-9-10-21-14(2)12-15-5-3-4-6-18(15)21/h3-8,11,14H,9-10,12H2,1-2H3,(H,20,23). The van der Waals surface area contributed by atoms with E-state index in [9.17, 15) is 14.9 Å². The molecule has 1 aliphatic heterocycles. The molecular formula is C19H21N3O3. The van der Waals surface area contributed by atoms with Crippen LogP contribution < -0.4 is 10.2 Å². The van der Waals surface area contributed by atoms with Gasteiger partial charge >= 0.3 is 0 Å². The van der Waals surface area contributed by atoms with Crippen LogP contribution in [0.2, 0.25) is 0 Å². The normalized spacial score (nSPS) is 15.8. The third kappa shape index (κ3) is 3.47. The first-order chi connectivity index (χ1) is 12.0. The number of nitro groups is 1. The van der Waals surface area contributed by atoms with Crippen LogP contribution in [-0.4, -0.2) is 30.0 Å². The molecule has 1 atom stereocenters. The number of amides is 1. The van der Waals surface area contributed by atoms with Gasteiger partial charge in [0.1, 0.15) is 0 Å². The van der Waals surface area contributed by atoms with Gasteiger partial charge in [0.15, 0.2) is 0 Å². The van der Waals surface area contributed by atoms with Crippen LogP contribution in [0.5, 0.6) is 0 Å². The van der Waals surface area contributed by atoms with Gasteiger partial charge in [-0.25, -0.2) is 0 Å². The largest absolute Gasteiger partial charge is 0.367 e. The maximum atomic E-state index is 12.3. The van der Waals surface area contributed by atoms with E-state index < -0.39 is 4.92 Å². The Morgan fingerprint density at radius 2 is 2.08 bits per heavy atom. The smallest absolute Gasteiger partial charge is 0.272 e. The van der Waals surface area contributed by atoms with Crippen molar-refractivity contribution in [3.63, 3.8) is 0 Å². The number of nitro benzene ring substituents is 1. The summed E-state index contributed by atoms with van der Waals surface area (Å²) in [5, 5.41) is 13.8. The van der Waals surface area contributed by atoms with E-state index in [1.807, 2.05) is 12.1 Å². The van der Waals surface area contributed by atoms with Crippen molar-refractivity contribution in [2.45, 2.75) is 26.3 Å². The number of aryl methyl sites for hydroxylation is 1. The Hall–Kier alpha value is -2.89. The Kier molecular flexibility index (Phi) is 4.70. The Bertz CT molecular complexity index is 819. The summed E-state index contributed by atoms with van der Waals surface area (Å²) in [6.07, 6.45) is 1.02. The molecule has 6 heteroatoms. The number of carbonyl (C=O) groups excluding carboxylic acids is 1. The van der Waals surface area contributed by atoms with Gasteiger partial charge in [0.05, 0.1) is 4.92 Å². The molecular weight excluding hydrogens is 318 g/mol. The fourth-order valence-corrected chi connectivity index (χ4v) is 3.36. The lowest BCUT2D eigenvalue weighted by Gasteiger charge is -2.25. The molecule has 0 saturated heterocycles. The van der Waals surface area contributed by atoms with Crippen LogP contribution in [0.4, 0.5) is 11.4 Å². The molecule has 0 fully saturated rings. The Morgan fingerprint density at radius 1 is 1.32 bits per heavy atom. The van der Waals surface area contributed by atoms with Crippen LogP contribution in [0.1, 0.15) is 28.4 Å². The molecule has 2 aromatic rings. The average Bonchev–Trinajstić information content (AvgIpc) is 2.90. The highest BCUT2D eigenvalue weighted by molar-refractivity contribution is 5.94. The summed E-state index contributed by atoms with van der Waals surface area (Å²) >= 11 is 0. The number of anilines is 1. The van der Waals surface area contributed by atoms with E-state index in [0.29, 0.717) is 23.7 Å². The lowest BCUT2D eigenvalue weighted by molar-refractivity contribution is -0.385. The lowest BCUT2D eigenvalue weighted by atomic mass is 10.1. The second kappa shape index (κ2) is 6.93. The zero-order valence-corrected chi connectivity index (χ0v) is 14.4. The van der Waals surface area contributed by atoms with E-state index in [1.54, 1.807) is 13.0 Å². The highest BCUT2D eigenvalue weighted by atomic mass is 16.6. The summed E-state index contributed by atoms with van der Waals surface area (Å²) in [5.41, 5.74) is 3.53. The molecule has 3 rings (SSSR count). The predicted octanol–water partition coefficient (Wildman–Crippen LogP) is 3.08. The summed E-state index contributed by atoms with van der Waals surface area (Å²) in [6, 6.07) is 13.2. The minimum atomic E-state index is -0.441. The Balaban J connectivity index is 1.60. The second-order valence-electron chi connectivity index (χ2n) is 6.39. The van der Waals surface area contributed by atoms with Crippen molar-refractivity contribution in [1.82, 2.24) is 5.32 Å². The monoisotopic (exact) mass is 339 g/mol. The number of nitrogens with one attached hydrogen (secondary N) is 1. The van der Waals surface area contributed by atoms with Crippen LogP contribution in [0.25, 0.3) is 0 Å². The molecule has 0 aliphatic carbocycles. The summed E-state index contributed by atoms with van der Waals surface area (Å²) in [6.45, 7) is 5.07. The van der Waals surface area contributed by atoms with E-state index >= 15 is 0 Å². The third-order valence-electron chi connectivity index (χ3n) is 4.64. The van der Waals surface area contributed by atoms with E-state index in [0.717, 1.165) is 13.0 Å². The summed E-state index contributed by atoms with van der Waals surface area (Å²) in [7, 11) is 0. The number of hydrogen-bond donors (Lipinski definition) is 1. The molecule has 0 bridgehead atoms. The maximum Gasteiger partial charge on any atom is 0.272 e. The van der Waals surface area contributed by atoms with E-state index in [-0.39, 0.29) is 11.6 Å². The zero-order valence-electron chi connectivity index (χ0n) is 14.4. The number of hydrogen-bond acceptors (Lipinski definition) is 4. The molecule has 0 radical (unpaired) electrons. The van der Waals surface area contributed by atoms with Crippen molar-refractivity contribution in [1.29, 1.82) is 0 Å². The van der Waals surface area contributed by atoms with Gasteiger partial charge in [-0.15, -0.1) is 0 Å². The van der Waals surface area contributed by atoms with Gasteiger partial charge in [-0.05, 0) is 44.0 Å². The van der Waals surface area contributed by atoms with Crippen molar-refractivity contribution in [3.05, 3.63) is 69.3 Å². The number of para-hydroxylation sites is 1. The van der Waals surface area contributed by atoms with Crippen molar-refractivity contribution >= 4 is 17.3 Å². The highest BCUT2D eigenvalue weighted by Gasteiger charge is 2.25. The number of fused-ring (bicyclic) bond motifs is 1. The number of benzene rings is 2. The molecule has 0 spiro atoms. The quantitative estimate of drug-likeness (QED) is 0.671. The number of rotatable bonds is 5. The Labute approximate surface area is 146 Å². The van der Waals surface area contributed by atoms with Crippen LogP contribution in [0.3, 0.4) is 0 Å². The number of carbonyl (C=O) groups is 1. The van der Waals surface area contributed by atoms with Gasteiger partial charge in [-0.1, -0.05) is 18.2 Å². The first-order valence-electron chi connectivity index (χ1n) is 8.35. The van der Waals surface area contributed by atoms with Crippen LogP contribution in [-0.2, 0) is 6.42 Å². The molecule has 1 heterocycles. The maximum absolute atomic E-state index is 12.3. The first-order valence-corrected chi connectivity index (χ1v) is 8.35. The van der Waals surface area contributed by atoms with Gasteiger partial charge in [0.25, 0.3) is 11.6 Å². The van der Waals surface area contributed by atoms with Crippen molar-refractivity contribution in [2.75, 3.05) is 18.0 Å². The summed E-state index contributed by atoms with van der Waals surface area (Å²) < 4.78 is 0. The fraction of sp³-hybridized carbons (Fsp3) is 0.316. The van der Waals surface area contributed by atoms with Crippen LogP contribution in [0, 0.1) is 17.0 Å². The third-order valence-corrected chi connectivity index (χ3v) is 4.64.